The third-order valence-electron chi connectivity index (χ3n) is 3.24. The van der Waals surface area contributed by atoms with Crippen molar-refractivity contribution >= 4 is 17.6 Å². The van der Waals surface area contributed by atoms with Gasteiger partial charge in [0.05, 0.1) is 6.54 Å². The SMILES string of the molecule is CCNC(=NCC(O)c1ccccc1Cl)NCCCCOCC. The molecular weight excluding hydrogens is 314 g/mol. The van der Waals surface area contributed by atoms with Gasteiger partial charge < -0.3 is 20.5 Å². The summed E-state index contributed by atoms with van der Waals surface area (Å²) in [4.78, 5) is 4.42. The molecule has 1 aromatic carbocycles. The number of guanidine groups is 1. The fourth-order valence-corrected chi connectivity index (χ4v) is 2.31. The molecule has 1 aromatic rings. The van der Waals surface area contributed by atoms with Crippen molar-refractivity contribution in [2.24, 2.45) is 4.99 Å². The van der Waals surface area contributed by atoms with Crippen LogP contribution in [0.4, 0.5) is 0 Å². The molecule has 1 rings (SSSR count). The Bertz CT molecular complexity index is 469. The molecule has 5 nitrogen and oxygen atoms in total. The van der Waals surface area contributed by atoms with E-state index in [9.17, 15) is 5.11 Å². The Labute approximate surface area is 144 Å². The monoisotopic (exact) mass is 341 g/mol. The van der Waals surface area contributed by atoms with Crippen molar-refractivity contribution < 1.29 is 9.84 Å². The Balaban J connectivity index is 2.43. The molecule has 0 fully saturated rings. The summed E-state index contributed by atoms with van der Waals surface area (Å²) >= 11 is 6.09. The van der Waals surface area contributed by atoms with Gasteiger partial charge in [-0.25, -0.2) is 0 Å². The Kier molecular flexibility index (Phi) is 10.4. The maximum atomic E-state index is 10.2. The predicted octanol–water partition coefficient (Wildman–Crippen LogP) is 2.75. The van der Waals surface area contributed by atoms with Gasteiger partial charge in [0.25, 0.3) is 0 Å². The van der Waals surface area contributed by atoms with Crippen molar-refractivity contribution in [1.82, 2.24) is 10.6 Å². The number of rotatable bonds is 10. The van der Waals surface area contributed by atoms with E-state index in [0.717, 1.165) is 39.1 Å². The van der Waals surface area contributed by atoms with E-state index < -0.39 is 6.10 Å². The maximum Gasteiger partial charge on any atom is 0.191 e. The van der Waals surface area contributed by atoms with Gasteiger partial charge in [0.15, 0.2) is 5.96 Å². The molecule has 0 saturated carbocycles. The van der Waals surface area contributed by atoms with Gasteiger partial charge in [0, 0.05) is 36.9 Å². The van der Waals surface area contributed by atoms with E-state index in [1.54, 1.807) is 6.07 Å². The fourth-order valence-electron chi connectivity index (χ4n) is 2.04. The van der Waals surface area contributed by atoms with Gasteiger partial charge in [0.2, 0.25) is 0 Å². The summed E-state index contributed by atoms with van der Waals surface area (Å²) in [5.41, 5.74) is 0.700. The molecule has 0 aromatic heterocycles. The van der Waals surface area contributed by atoms with E-state index in [0.29, 0.717) is 16.5 Å². The van der Waals surface area contributed by atoms with Crippen LogP contribution in [0, 0.1) is 0 Å². The molecule has 1 atom stereocenters. The quantitative estimate of drug-likeness (QED) is 0.348. The molecule has 23 heavy (non-hydrogen) atoms. The van der Waals surface area contributed by atoms with E-state index in [1.807, 2.05) is 32.0 Å². The average molecular weight is 342 g/mol. The second kappa shape index (κ2) is 12.2. The van der Waals surface area contributed by atoms with Crippen LogP contribution in [0.15, 0.2) is 29.3 Å². The molecule has 0 radical (unpaired) electrons. The molecule has 3 N–H and O–H groups in total. The van der Waals surface area contributed by atoms with Gasteiger partial charge in [-0.1, -0.05) is 29.8 Å². The van der Waals surface area contributed by atoms with Crippen LogP contribution in [0.5, 0.6) is 0 Å². The summed E-state index contributed by atoms with van der Waals surface area (Å²) in [6.45, 7) is 7.41. The van der Waals surface area contributed by atoms with E-state index in [1.165, 1.54) is 0 Å². The largest absolute Gasteiger partial charge is 0.386 e. The standard InChI is InChI=1S/C17H28ClN3O2/c1-3-19-17(20-11-7-8-12-23-4-2)21-13-16(22)14-9-5-6-10-15(14)18/h5-6,9-10,16,22H,3-4,7-8,11-13H2,1-2H3,(H2,19,20,21). The van der Waals surface area contributed by atoms with Crippen molar-refractivity contribution in [3.05, 3.63) is 34.9 Å². The van der Waals surface area contributed by atoms with Crippen LogP contribution in [0.2, 0.25) is 5.02 Å². The second-order valence-electron chi connectivity index (χ2n) is 5.09. The highest BCUT2D eigenvalue weighted by Crippen LogP contribution is 2.22. The smallest absolute Gasteiger partial charge is 0.191 e. The Morgan fingerprint density at radius 2 is 2.04 bits per heavy atom. The number of benzene rings is 1. The third-order valence-corrected chi connectivity index (χ3v) is 3.59. The Morgan fingerprint density at radius 3 is 2.74 bits per heavy atom. The first-order valence-corrected chi connectivity index (χ1v) is 8.59. The number of aliphatic hydroxyl groups excluding tert-OH is 1. The minimum atomic E-state index is -0.711. The summed E-state index contributed by atoms with van der Waals surface area (Å²) < 4.78 is 5.31. The minimum absolute atomic E-state index is 0.262. The molecule has 0 amide bonds. The number of nitrogens with zero attached hydrogens (tertiary/aromatic N) is 1. The molecule has 6 heteroatoms. The van der Waals surface area contributed by atoms with Gasteiger partial charge in [-0.15, -0.1) is 0 Å². The molecular formula is C17H28ClN3O2. The van der Waals surface area contributed by atoms with Crippen LogP contribution in [0.25, 0.3) is 0 Å². The number of aliphatic imine (C=N–C) groups is 1. The number of ether oxygens (including phenoxy) is 1. The molecule has 0 saturated heterocycles. The summed E-state index contributed by atoms with van der Waals surface area (Å²) in [7, 11) is 0. The number of nitrogens with one attached hydrogen (secondary N) is 2. The molecule has 0 aliphatic carbocycles. The van der Waals surface area contributed by atoms with Crippen LogP contribution in [-0.2, 0) is 4.74 Å². The Morgan fingerprint density at radius 1 is 1.26 bits per heavy atom. The minimum Gasteiger partial charge on any atom is -0.386 e. The van der Waals surface area contributed by atoms with Crippen molar-refractivity contribution in [3.8, 4) is 0 Å². The molecule has 0 aliphatic heterocycles. The lowest BCUT2D eigenvalue weighted by atomic mass is 10.1. The molecule has 0 spiro atoms. The van der Waals surface area contributed by atoms with Gasteiger partial charge in [-0.3, -0.25) is 4.99 Å². The van der Waals surface area contributed by atoms with Gasteiger partial charge in [-0.05, 0) is 32.8 Å². The van der Waals surface area contributed by atoms with Gasteiger partial charge in [0.1, 0.15) is 6.10 Å². The fraction of sp³-hybridized carbons (Fsp3) is 0.588. The normalized spacial score (nSPS) is 13.0. The lowest BCUT2D eigenvalue weighted by Crippen LogP contribution is -2.38. The molecule has 1 unspecified atom stereocenters. The zero-order chi connectivity index (χ0) is 16.9. The summed E-state index contributed by atoms with van der Waals surface area (Å²) in [5.74, 6) is 0.704. The molecule has 0 bridgehead atoms. The average Bonchev–Trinajstić information content (AvgIpc) is 2.55. The van der Waals surface area contributed by atoms with Crippen LogP contribution in [0.3, 0.4) is 0 Å². The van der Waals surface area contributed by atoms with Crippen molar-refractivity contribution in [2.45, 2.75) is 32.8 Å². The summed E-state index contributed by atoms with van der Waals surface area (Å²) in [6, 6.07) is 7.29. The number of unbranched alkanes of at least 4 members (excludes halogenated alkanes) is 1. The first-order valence-electron chi connectivity index (χ1n) is 8.21. The zero-order valence-corrected chi connectivity index (χ0v) is 14.8. The molecule has 0 heterocycles. The van der Waals surface area contributed by atoms with Crippen LogP contribution < -0.4 is 10.6 Å². The number of halogens is 1. The van der Waals surface area contributed by atoms with Gasteiger partial charge in [-0.2, -0.15) is 0 Å². The van der Waals surface area contributed by atoms with E-state index >= 15 is 0 Å². The number of hydrogen-bond acceptors (Lipinski definition) is 3. The van der Waals surface area contributed by atoms with Crippen molar-refractivity contribution in [3.63, 3.8) is 0 Å². The van der Waals surface area contributed by atoms with Crippen LogP contribution >= 0.6 is 11.6 Å². The summed E-state index contributed by atoms with van der Waals surface area (Å²) in [6.07, 6.45) is 1.32. The van der Waals surface area contributed by atoms with E-state index in [4.69, 9.17) is 16.3 Å². The van der Waals surface area contributed by atoms with Crippen molar-refractivity contribution in [1.29, 1.82) is 0 Å². The lowest BCUT2D eigenvalue weighted by molar-refractivity contribution is 0.143. The van der Waals surface area contributed by atoms with Gasteiger partial charge >= 0.3 is 0 Å². The first-order chi connectivity index (χ1) is 11.2. The van der Waals surface area contributed by atoms with Crippen molar-refractivity contribution in [2.75, 3.05) is 32.8 Å². The third kappa shape index (κ3) is 8.21. The van der Waals surface area contributed by atoms with E-state index in [-0.39, 0.29) is 6.54 Å². The number of aliphatic hydroxyl groups is 1. The topological polar surface area (TPSA) is 65.9 Å². The predicted molar refractivity (Wildman–Crippen MR) is 96.1 cm³/mol. The molecule has 0 aliphatic rings. The molecule has 130 valence electrons. The Hall–Kier alpha value is -1.30. The highest BCUT2D eigenvalue weighted by Gasteiger charge is 2.10. The highest BCUT2D eigenvalue weighted by molar-refractivity contribution is 6.31. The number of hydrogen-bond donors (Lipinski definition) is 3. The van der Waals surface area contributed by atoms with E-state index in [2.05, 4.69) is 15.6 Å². The summed E-state index contributed by atoms with van der Waals surface area (Å²) in [5, 5.41) is 17.2. The maximum absolute atomic E-state index is 10.2. The highest BCUT2D eigenvalue weighted by atomic mass is 35.5. The van der Waals surface area contributed by atoms with Crippen LogP contribution in [0.1, 0.15) is 38.4 Å². The van der Waals surface area contributed by atoms with Crippen LogP contribution in [-0.4, -0.2) is 43.9 Å². The second-order valence-corrected chi connectivity index (χ2v) is 5.49. The zero-order valence-electron chi connectivity index (χ0n) is 14.0. The first kappa shape index (κ1) is 19.7. The lowest BCUT2D eigenvalue weighted by Gasteiger charge is -2.14.